The Morgan fingerprint density at radius 3 is 2.43 bits per heavy atom. The van der Waals surface area contributed by atoms with Crippen LogP contribution in [0.3, 0.4) is 0 Å². The Morgan fingerprint density at radius 1 is 1.00 bits per heavy atom. The van der Waals surface area contributed by atoms with Crippen molar-refractivity contribution in [1.82, 2.24) is 5.32 Å². The van der Waals surface area contributed by atoms with Gasteiger partial charge in [-0.1, -0.05) is 48.0 Å². The summed E-state index contributed by atoms with van der Waals surface area (Å²) in [5.41, 5.74) is 3.75. The van der Waals surface area contributed by atoms with Gasteiger partial charge >= 0.3 is 0 Å². The van der Waals surface area contributed by atoms with Crippen LogP contribution in [0, 0.1) is 13.8 Å². The average Bonchev–Trinajstić information content (AvgIpc) is 2.69. The molecule has 150 valence electrons. The number of rotatable bonds is 8. The number of carbonyl (C=O) groups is 1. The van der Waals surface area contributed by atoms with E-state index < -0.39 is 0 Å². The first-order valence-electron chi connectivity index (χ1n) is 10.3. The Labute approximate surface area is 168 Å². The van der Waals surface area contributed by atoms with Gasteiger partial charge in [0.25, 0.3) is 5.91 Å². The first kappa shape index (κ1) is 20.4. The van der Waals surface area contributed by atoms with E-state index in [2.05, 4.69) is 48.6 Å². The van der Waals surface area contributed by atoms with Crippen molar-refractivity contribution in [3.05, 3.63) is 65.2 Å². The van der Waals surface area contributed by atoms with Crippen LogP contribution in [0.15, 0.2) is 48.5 Å². The van der Waals surface area contributed by atoms with Gasteiger partial charge in [0, 0.05) is 5.56 Å². The maximum atomic E-state index is 12.2. The molecule has 28 heavy (non-hydrogen) atoms. The van der Waals surface area contributed by atoms with Crippen molar-refractivity contribution in [2.75, 3.05) is 45.9 Å². The quantitative estimate of drug-likeness (QED) is 0.552. The summed E-state index contributed by atoms with van der Waals surface area (Å²) in [6.45, 7) is 11.1. The zero-order chi connectivity index (χ0) is 19.8. The highest BCUT2D eigenvalue weighted by Gasteiger charge is 2.24. The lowest BCUT2D eigenvalue weighted by atomic mass is 10.1. The zero-order valence-corrected chi connectivity index (χ0v) is 17.1. The number of amides is 1. The second-order valence-corrected chi connectivity index (χ2v) is 7.81. The molecule has 0 aromatic heterocycles. The third-order valence-electron chi connectivity index (χ3n) is 5.38. The molecule has 5 heteroatoms. The summed E-state index contributed by atoms with van der Waals surface area (Å²) in [6.07, 6.45) is 0. The molecule has 3 N–H and O–H groups in total. The highest BCUT2D eigenvalue weighted by molar-refractivity contribution is 5.76. The van der Waals surface area contributed by atoms with Crippen molar-refractivity contribution >= 4 is 5.91 Å². The summed E-state index contributed by atoms with van der Waals surface area (Å²) >= 11 is 0. The Kier molecular flexibility index (Phi) is 7.46. The van der Waals surface area contributed by atoms with Gasteiger partial charge in [0.2, 0.25) is 0 Å². The molecule has 0 radical (unpaired) electrons. The monoisotopic (exact) mass is 383 g/mol. The number of piperazine rings is 1. The first-order valence-corrected chi connectivity index (χ1v) is 10.3. The van der Waals surface area contributed by atoms with Gasteiger partial charge in [-0.15, -0.1) is 0 Å². The number of nitrogens with one attached hydrogen (secondary N) is 3. The number of aryl methyl sites for hydroxylation is 2. The fourth-order valence-electron chi connectivity index (χ4n) is 3.80. The first-order chi connectivity index (χ1) is 13.6. The highest BCUT2D eigenvalue weighted by Crippen LogP contribution is 2.18. The van der Waals surface area contributed by atoms with Crippen LogP contribution in [0.5, 0.6) is 5.75 Å². The number of ether oxygens (including phenoxy) is 1. The third-order valence-corrected chi connectivity index (χ3v) is 5.38. The van der Waals surface area contributed by atoms with E-state index in [1.807, 2.05) is 19.1 Å². The van der Waals surface area contributed by atoms with Gasteiger partial charge in [0.1, 0.15) is 45.1 Å². The number of hydrogen-bond donors (Lipinski definition) is 3. The lowest BCUT2D eigenvalue weighted by Gasteiger charge is -2.29. The maximum absolute atomic E-state index is 12.2. The van der Waals surface area contributed by atoms with Crippen molar-refractivity contribution in [3.8, 4) is 5.75 Å². The summed E-state index contributed by atoms with van der Waals surface area (Å²) in [5, 5.41) is 2.99. The molecule has 5 nitrogen and oxygen atoms in total. The van der Waals surface area contributed by atoms with Gasteiger partial charge in [0.05, 0.1) is 6.54 Å². The van der Waals surface area contributed by atoms with E-state index in [0.29, 0.717) is 19.7 Å². The highest BCUT2D eigenvalue weighted by atomic mass is 16.5. The van der Waals surface area contributed by atoms with Crippen LogP contribution in [0.25, 0.3) is 0 Å². The average molecular weight is 384 g/mol. The Bertz CT molecular complexity index is 756. The fourth-order valence-corrected chi connectivity index (χ4v) is 3.80. The molecule has 1 fully saturated rings. The van der Waals surface area contributed by atoms with Crippen molar-refractivity contribution in [2.24, 2.45) is 0 Å². The number of quaternary nitrogens is 2. The van der Waals surface area contributed by atoms with Crippen molar-refractivity contribution in [1.29, 1.82) is 0 Å². The third kappa shape index (κ3) is 6.36. The molecule has 0 unspecified atom stereocenters. The molecule has 0 aliphatic carbocycles. The molecule has 2 aromatic rings. The number of carbonyl (C=O) groups excluding carboxylic acids is 1. The van der Waals surface area contributed by atoms with Crippen molar-refractivity contribution < 1.29 is 19.3 Å². The summed E-state index contributed by atoms with van der Waals surface area (Å²) in [6, 6.07) is 16.8. The summed E-state index contributed by atoms with van der Waals surface area (Å²) in [7, 11) is 0. The molecule has 2 aromatic carbocycles. The maximum Gasteiger partial charge on any atom is 0.275 e. The zero-order valence-electron chi connectivity index (χ0n) is 17.1. The molecule has 0 spiro atoms. The van der Waals surface area contributed by atoms with Crippen LogP contribution in [0.2, 0.25) is 0 Å². The number of benzene rings is 2. The molecular formula is C23H33N3O2+2. The molecule has 0 atom stereocenters. The van der Waals surface area contributed by atoms with Crippen LogP contribution in [0.1, 0.15) is 16.7 Å². The molecule has 3 rings (SSSR count). The Balaban J connectivity index is 1.30. The molecule has 1 heterocycles. The lowest BCUT2D eigenvalue weighted by Crippen LogP contribution is -3.28. The molecule has 1 aliphatic rings. The molecular weight excluding hydrogens is 350 g/mol. The second-order valence-electron chi connectivity index (χ2n) is 7.81. The van der Waals surface area contributed by atoms with E-state index in [-0.39, 0.29) is 5.91 Å². The van der Waals surface area contributed by atoms with E-state index in [9.17, 15) is 4.79 Å². The molecule has 1 aliphatic heterocycles. The van der Waals surface area contributed by atoms with Gasteiger partial charge in [-0.25, -0.2) is 0 Å². The predicted molar refractivity (Wildman–Crippen MR) is 111 cm³/mol. The fraction of sp³-hybridized carbons (Fsp3) is 0.435. The largest absolute Gasteiger partial charge is 0.491 e. The Hall–Kier alpha value is -2.37. The van der Waals surface area contributed by atoms with Crippen molar-refractivity contribution in [2.45, 2.75) is 20.4 Å². The van der Waals surface area contributed by atoms with Crippen LogP contribution >= 0.6 is 0 Å². The van der Waals surface area contributed by atoms with E-state index in [4.69, 9.17) is 4.74 Å². The minimum atomic E-state index is 0.116. The van der Waals surface area contributed by atoms with E-state index in [1.165, 1.54) is 16.0 Å². The Morgan fingerprint density at radius 2 is 1.71 bits per heavy atom. The molecule has 0 bridgehead atoms. The standard InChI is InChI=1S/C23H31N3O2/c1-19-8-9-22(20(2)16-19)28-15-10-24-23(27)18-26-13-11-25(12-14-26)17-21-6-4-3-5-7-21/h3-9,16H,10-15,17-18H2,1-2H3,(H,24,27)/p+2. The summed E-state index contributed by atoms with van der Waals surface area (Å²) in [5.74, 6) is 1.01. The smallest absolute Gasteiger partial charge is 0.275 e. The van der Waals surface area contributed by atoms with Gasteiger partial charge in [-0.2, -0.15) is 0 Å². The van der Waals surface area contributed by atoms with Crippen molar-refractivity contribution in [3.63, 3.8) is 0 Å². The molecule has 1 saturated heterocycles. The van der Waals surface area contributed by atoms with E-state index in [1.54, 1.807) is 4.90 Å². The van der Waals surface area contributed by atoms with Crippen LogP contribution in [-0.4, -0.2) is 51.8 Å². The van der Waals surface area contributed by atoms with Crippen LogP contribution in [-0.2, 0) is 11.3 Å². The van der Waals surface area contributed by atoms with Gasteiger partial charge in [-0.05, 0) is 25.5 Å². The predicted octanol–water partition coefficient (Wildman–Crippen LogP) is -0.218. The summed E-state index contributed by atoms with van der Waals surface area (Å²) < 4.78 is 5.78. The topological polar surface area (TPSA) is 47.2 Å². The van der Waals surface area contributed by atoms with Crippen LogP contribution < -0.4 is 19.9 Å². The second kappa shape index (κ2) is 10.2. The van der Waals surface area contributed by atoms with Gasteiger partial charge in [-0.3, -0.25) is 4.79 Å². The minimum Gasteiger partial charge on any atom is -0.491 e. The normalized spacial score (nSPS) is 19.2. The minimum absolute atomic E-state index is 0.116. The molecule has 0 saturated carbocycles. The lowest BCUT2D eigenvalue weighted by molar-refractivity contribution is -1.02. The van der Waals surface area contributed by atoms with E-state index >= 15 is 0 Å². The number of hydrogen-bond acceptors (Lipinski definition) is 2. The summed E-state index contributed by atoms with van der Waals surface area (Å²) in [4.78, 5) is 15.2. The van der Waals surface area contributed by atoms with Crippen LogP contribution in [0.4, 0.5) is 0 Å². The SMILES string of the molecule is Cc1ccc(OCCNC(=O)C[NH+]2CC[NH+](Cc3ccccc3)CC2)c(C)c1. The van der Waals surface area contributed by atoms with E-state index in [0.717, 1.165) is 44.0 Å². The van der Waals surface area contributed by atoms with Gasteiger partial charge < -0.3 is 19.9 Å². The van der Waals surface area contributed by atoms with Gasteiger partial charge in [0.15, 0.2) is 6.54 Å². The molecule has 1 amide bonds.